The summed E-state index contributed by atoms with van der Waals surface area (Å²) < 4.78 is 23.5. The number of anilines is 2. The first-order valence-electron chi connectivity index (χ1n) is 10.0. The number of amides is 3. The highest BCUT2D eigenvalue weighted by molar-refractivity contribution is 6.39. The van der Waals surface area contributed by atoms with Crippen LogP contribution in [-0.2, 0) is 14.4 Å². The van der Waals surface area contributed by atoms with Crippen LogP contribution in [0.25, 0.3) is 0 Å². The molecule has 10 heteroatoms. The second-order valence-corrected chi connectivity index (χ2v) is 6.77. The predicted molar refractivity (Wildman–Crippen MR) is 124 cm³/mol. The van der Waals surface area contributed by atoms with Crippen LogP contribution in [0.3, 0.4) is 0 Å². The van der Waals surface area contributed by atoms with Gasteiger partial charge in [-0.3, -0.25) is 14.4 Å². The smallest absolute Gasteiger partial charge is 0.329 e. The lowest BCUT2D eigenvalue weighted by molar-refractivity contribution is -0.136. The number of hydrazone groups is 1. The van der Waals surface area contributed by atoms with Gasteiger partial charge in [0.05, 0.1) is 19.0 Å². The first-order chi connectivity index (χ1) is 16.4. The molecule has 3 amide bonds. The molecule has 0 unspecified atom stereocenters. The molecule has 0 heterocycles. The Morgan fingerprint density at radius 1 is 0.941 bits per heavy atom. The number of halogens is 1. The summed E-state index contributed by atoms with van der Waals surface area (Å²) in [6.07, 6.45) is 1.32. The van der Waals surface area contributed by atoms with Crippen LogP contribution in [0, 0.1) is 5.82 Å². The molecule has 34 heavy (non-hydrogen) atoms. The summed E-state index contributed by atoms with van der Waals surface area (Å²) in [7, 11) is 1.45. The van der Waals surface area contributed by atoms with Crippen LogP contribution in [0.5, 0.6) is 11.5 Å². The highest BCUT2D eigenvalue weighted by Crippen LogP contribution is 2.22. The minimum absolute atomic E-state index is 0.266. The summed E-state index contributed by atoms with van der Waals surface area (Å²) in [6.45, 7) is -0.266. The second kappa shape index (κ2) is 11.8. The number of benzene rings is 3. The van der Waals surface area contributed by atoms with Crippen LogP contribution in [0.4, 0.5) is 15.8 Å². The third-order valence-electron chi connectivity index (χ3n) is 4.30. The predicted octanol–water partition coefficient (Wildman–Crippen LogP) is 2.94. The van der Waals surface area contributed by atoms with Gasteiger partial charge >= 0.3 is 11.8 Å². The van der Waals surface area contributed by atoms with Crippen LogP contribution < -0.4 is 25.5 Å². The molecule has 3 aromatic carbocycles. The monoisotopic (exact) mass is 464 g/mol. The van der Waals surface area contributed by atoms with Gasteiger partial charge in [-0.25, -0.2) is 9.82 Å². The molecule has 9 nitrogen and oxygen atoms in total. The maximum absolute atomic E-state index is 12.9. The number of ether oxygens (including phenoxy) is 2. The van der Waals surface area contributed by atoms with Gasteiger partial charge in [0.2, 0.25) is 0 Å². The summed E-state index contributed by atoms with van der Waals surface area (Å²) in [6, 6.07) is 18.6. The Morgan fingerprint density at radius 2 is 1.71 bits per heavy atom. The topological polar surface area (TPSA) is 118 Å². The number of rotatable bonds is 8. The Balaban J connectivity index is 1.48. The third kappa shape index (κ3) is 7.16. The first-order valence-corrected chi connectivity index (χ1v) is 10.0. The fourth-order valence-corrected chi connectivity index (χ4v) is 2.71. The standard InChI is InChI=1S/C24H21FN4O5/c1-33-21-8-3-2-7-20(21)28-23(31)24(32)29-26-14-16-5-4-6-19(13-16)34-15-22(30)27-18-11-9-17(25)10-12-18/h2-14H,15H2,1H3,(H,27,30)(H,28,31)(H,29,32). The van der Waals surface area contributed by atoms with E-state index in [2.05, 4.69) is 21.2 Å². The zero-order chi connectivity index (χ0) is 24.3. The number of nitrogens with zero attached hydrogens (tertiary/aromatic N) is 1. The van der Waals surface area contributed by atoms with Gasteiger partial charge in [0.25, 0.3) is 5.91 Å². The number of methoxy groups -OCH3 is 1. The second-order valence-electron chi connectivity index (χ2n) is 6.77. The van der Waals surface area contributed by atoms with E-state index in [0.717, 1.165) is 0 Å². The Bertz CT molecular complexity index is 1200. The molecule has 0 spiro atoms. The van der Waals surface area contributed by atoms with Gasteiger partial charge in [-0.2, -0.15) is 5.10 Å². The van der Waals surface area contributed by atoms with Crippen molar-refractivity contribution in [1.82, 2.24) is 5.43 Å². The number of hydrogen-bond donors (Lipinski definition) is 3. The number of carbonyl (C=O) groups excluding carboxylic acids is 3. The number of nitrogens with one attached hydrogen (secondary N) is 3. The van der Waals surface area contributed by atoms with Crippen molar-refractivity contribution in [3.63, 3.8) is 0 Å². The fraction of sp³-hybridized carbons (Fsp3) is 0.0833. The van der Waals surface area contributed by atoms with Gasteiger partial charge in [-0.15, -0.1) is 0 Å². The van der Waals surface area contributed by atoms with Crippen LogP contribution in [0.15, 0.2) is 77.9 Å². The molecular formula is C24H21FN4O5. The molecule has 0 aliphatic carbocycles. The number of hydrogen-bond acceptors (Lipinski definition) is 6. The van der Waals surface area contributed by atoms with E-state index < -0.39 is 23.5 Å². The molecule has 0 aliphatic heterocycles. The van der Waals surface area contributed by atoms with Crippen LogP contribution >= 0.6 is 0 Å². The molecule has 0 saturated carbocycles. The van der Waals surface area contributed by atoms with E-state index >= 15 is 0 Å². The Hall–Kier alpha value is -4.73. The van der Waals surface area contributed by atoms with Crippen molar-refractivity contribution < 1.29 is 28.2 Å². The summed E-state index contributed by atoms with van der Waals surface area (Å²) >= 11 is 0. The highest BCUT2D eigenvalue weighted by atomic mass is 19.1. The van der Waals surface area contributed by atoms with Gasteiger partial charge in [0, 0.05) is 5.69 Å². The number of carbonyl (C=O) groups is 3. The van der Waals surface area contributed by atoms with Gasteiger partial charge < -0.3 is 20.1 Å². The van der Waals surface area contributed by atoms with Gasteiger partial charge in [0.1, 0.15) is 17.3 Å². The van der Waals surface area contributed by atoms with Gasteiger partial charge in [0.15, 0.2) is 6.61 Å². The van der Waals surface area contributed by atoms with Crippen LogP contribution in [-0.4, -0.2) is 37.7 Å². The zero-order valence-electron chi connectivity index (χ0n) is 18.1. The molecule has 174 valence electrons. The summed E-state index contributed by atoms with van der Waals surface area (Å²) in [5, 5.41) is 8.79. The summed E-state index contributed by atoms with van der Waals surface area (Å²) in [5.74, 6) is -1.90. The van der Waals surface area contributed by atoms with Crippen molar-refractivity contribution in [2.45, 2.75) is 0 Å². The van der Waals surface area contributed by atoms with E-state index in [1.165, 1.54) is 37.6 Å². The molecular weight excluding hydrogens is 443 g/mol. The summed E-state index contributed by atoms with van der Waals surface area (Å²) in [4.78, 5) is 36.0. The van der Waals surface area contributed by atoms with Crippen LogP contribution in [0.2, 0.25) is 0 Å². The van der Waals surface area contributed by atoms with E-state index in [1.54, 1.807) is 48.5 Å². The normalized spacial score (nSPS) is 10.4. The SMILES string of the molecule is COc1ccccc1NC(=O)C(=O)NN=Cc1cccc(OCC(=O)Nc2ccc(F)cc2)c1. The molecule has 3 N–H and O–H groups in total. The van der Waals surface area contributed by atoms with E-state index in [-0.39, 0.29) is 6.61 Å². The number of para-hydroxylation sites is 2. The fourth-order valence-electron chi connectivity index (χ4n) is 2.71. The zero-order valence-corrected chi connectivity index (χ0v) is 18.1. The average molecular weight is 464 g/mol. The maximum atomic E-state index is 12.9. The largest absolute Gasteiger partial charge is 0.495 e. The molecule has 3 aromatic rings. The quantitative estimate of drug-likeness (QED) is 0.269. The molecule has 0 bridgehead atoms. The lowest BCUT2D eigenvalue weighted by Crippen LogP contribution is -2.32. The van der Waals surface area contributed by atoms with E-state index in [9.17, 15) is 18.8 Å². The molecule has 0 aromatic heterocycles. The highest BCUT2D eigenvalue weighted by Gasteiger charge is 2.14. The molecule has 0 radical (unpaired) electrons. The third-order valence-corrected chi connectivity index (χ3v) is 4.30. The van der Waals surface area contributed by atoms with Crippen molar-refractivity contribution >= 4 is 35.3 Å². The van der Waals surface area contributed by atoms with E-state index in [4.69, 9.17) is 9.47 Å². The molecule has 0 fully saturated rings. The average Bonchev–Trinajstić information content (AvgIpc) is 2.84. The van der Waals surface area contributed by atoms with E-state index in [0.29, 0.717) is 28.4 Å². The van der Waals surface area contributed by atoms with Gasteiger partial charge in [-0.1, -0.05) is 24.3 Å². The molecule has 3 rings (SSSR count). The van der Waals surface area contributed by atoms with Crippen LogP contribution in [0.1, 0.15) is 5.56 Å². The molecule has 0 saturated heterocycles. The Morgan fingerprint density at radius 3 is 2.47 bits per heavy atom. The van der Waals surface area contributed by atoms with Crippen molar-refractivity contribution in [3.05, 3.63) is 84.2 Å². The Kier molecular flexibility index (Phi) is 8.28. The molecule has 0 aliphatic rings. The first kappa shape index (κ1) is 23.9. The minimum Gasteiger partial charge on any atom is -0.495 e. The van der Waals surface area contributed by atoms with Gasteiger partial charge in [-0.05, 0) is 54.1 Å². The molecule has 0 atom stereocenters. The van der Waals surface area contributed by atoms with Crippen molar-refractivity contribution in [3.8, 4) is 11.5 Å². The Labute approximate surface area is 194 Å². The lowest BCUT2D eigenvalue weighted by atomic mass is 10.2. The van der Waals surface area contributed by atoms with Crippen molar-refractivity contribution in [1.29, 1.82) is 0 Å². The lowest BCUT2D eigenvalue weighted by Gasteiger charge is -2.09. The minimum atomic E-state index is -0.966. The maximum Gasteiger partial charge on any atom is 0.329 e. The summed E-state index contributed by atoms with van der Waals surface area (Å²) in [5.41, 5.74) is 3.49. The van der Waals surface area contributed by atoms with Crippen molar-refractivity contribution in [2.75, 3.05) is 24.4 Å². The van der Waals surface area contributed by atoms with Crippen molar-refractivity contribution in [2.24, 2.45) is 5.10 Å². The van der Waals surface area contributed by atoms with E-state index in [1.807, 2.05) is 0 Å².